The third kappa shape index (κ3) is 3.74. The summed E-state index contributed by atoms with van der Waals surface area (Å²) in [6.45, 7) is 2.20. The third-order valence-electron chi connectivity index (χ3n) is 4.14. The summed E-state index contributed by atoms with van der Waals surface area (Å²) in [4.78, 5) is 12.2. The fraction of sp³-hybridized carbons (Fsp3) is 0.250. The quantitative estimate of drug-likeness (QED) is 0.701. The SMILES string of the molecule is COc1cccc(CNC(=O)NC(C)c2cc3ccccc3o2)c1OC. The Kier molecular flexibility index (Phi) is 5.31. The van der Waals surface area contributed by atoms with Crippen LogP contribution >= 0.6 is 0 Å². The maximum Gasteiger partial charge on any atom is 0.315 e. The van der Waals surface area contributed by atoms with Gasteiger partial charge in [0.15, 0.2) is 11.5 Å². The van der Waals surface area contributed by atoms with Crippen LogP contribution < -0.4 is 20.1 Å². The number of amides is 2. The van der Waals surface area contributed by atoms with Gasteiger partial charge in [-0.1, -0.05) is 30.3 Å². The van der Waals surface area contributed by atoms with Crippen molar-refractivity contribution in [1.82, 2.24) is 10.6 Å². The number of furan rings is 1. The van der Waals surface area contributed by atoms with E-state index in [-0.39, 0.29) is 12.1 Å². The monoisotopic (exact) mass is 354 g/mol. The number of ether oxygens (including phenoxy) is 2. The summed E-state index contributed by atoms with van der Waals surface area (Å²) in [5.41, 5.74) is 1.64. The topological polar surface area (TPSA) is 72.7 Å². The van der Waals surface area contributed by atoms with Crippen molar-refractivity contribution >= 4 is 17.0 Å². The third-order valence-corrected chi connectivity index (χ3v) is 4.14. The highest BCUT2D eigenvalue weighted by Crippen LogP contribution is 2.30. The van der Waals surface area contributed by atoms with Crippen molar-refractivity contribution in [3.8, 4) is 11.5 Å². The molecule has 6 heteroatoms. The molecule has 1 atom stereocenters. The van der Waals surface area contributed by atoms with E-state index < -0.39 is 0 Å². The van der Waals surface area contributed by atoms with Gasteiger partial charge in [-0.15, -0.1) is 0 Å². The van der Waals surface area contributed by atoms with Gasteiger partial charge in [-0.25, -0.2) is 4.79 Å². The number of fused-ring (bicyclic) bond motifs is 1. The highest BCUT2D eigenvalue weighted by atomic mass is 16.5. The Balaban J connectivity index is 1.62. The first kappa shape index (κ1) is 17.7. The van der Waals surface area contributed by atoms with Gasteiger partial charge in [-0.05, 0) is 25.1 Å². The molecule has 0 bridgehead atoms. The molecule has 0 saturated carbocycles. The lowest BCUT2D eigenvalue weighted by Gasteiger charge is -2.15. The van der Waals surface area contributed by atoms with E-state index >= 15 is 0 Å². The van der Waals surface area contributed by atoms with Gasteiger partial charge in [0, 0.05) is 17.5 Å². The van der Waals surface area contributed by atoms with Gasteiger partial charge < -0.3 is 24.5 Å². The van der Waals surface area contributed by atoms with E-state index in [4.69, 9.17) is 13.9 Å². The molecule has 0 aliphatic rings. The molecule has 3 aromatic rings. The first-order valence-electron chi connectivity index (χ1n) is 8.35. The lowest BCUT2D eigenvalue weighted by molar-refractivity contribution is 0.235. The summed E-state index contributed by atoms with van der Waals surface area (Å²) in [7, 11) is 3.15. The van der Waals surface area contributed by atoms with E-state index in [9.17, 15) is 4.79 Å². The van der Waals surface area contributed by atoms with Crippen LogP contribution in [0.2, 0.25) is 0 Å². The maximum absolute atomic E-state index is 12.2. The lowest BCUT2D eigenvalue weighted by Crippen LogP contribution is -2.36. The van der Waals surface area contributed by atoms with Crippen molar-refractivity contribution in [3.63, 3.8) is 0 Å². The number of carbonyl (C=O) groups is 1. The predicted molar refractivity (Wildman–Crippen MR) is 99.5 cm³/mol. The van der Waals surface area contributed by atoms with Crippen molar-refractivity contribution in [2.24, 2.45) is 0 Å². The average molecular weight is 354 g/mol. The maximum atomic E-state index is 12.2. The molecule has 26 heavy (non-hydrogen) atoms. The van der Waals surface area contributed by atoms with Crippen molar-refractivity contribution in [3.05, 3.63) is 59.9 Å². The lowest BCUT2D eigenvalue weighted by atomic mass is 10.2. The fourth-order valence-electron chi connectivity index (χ4n) is 2.80. The van der Waals surface area contributed by atoms with Crippen LogP contribution in [0.25, 0.3) is 11.0 Å². The van der Waals surface area contributed by atoms with E-state index in [1.54, 1.807) is 14.2 Å². The normalized spacial score (nSPS) is 11.8. The van der Waals surface area contributed by atoms with Gasteiger partial charge in [0.2, 0.25) is 0 Å². The molecule has 3 rings (SSSR count). The van der Waals surface area contributed by atoms with Gasteiger partial charge in [-0.3, -0.25) is 0 Å². The Bertz CT molecular complexity index is 871. The van der Waals surface area contributed by atoms with Crippen LogP contribution in [0, 0.1) is 0 Å². The number of methoxy groups -OCH3 is 2. The van der Waals surface area contributed by atoms with Crippen LogP contribution in [-0.4, -0.2) is 20.3 Å². The molecule has 0 saturated heterocycles. The Labute approximate surface area is 152 Å². The first-order valence-corrected chi connectivity index (χ1v) is 8.35. The molecule has 0 aliphatic heterocycles. The van der Waals surface area contributed by atoms with Gasteiger partial charge in [0.1, 0.15) is 11.3 Å². The number of hydrogen-bond acceptors (Lipinski definition) is 4. The molecule has 2 aromatic carbocycles. The molecule has 0 spiro atoms. The molecule has 2 N–H and O–H groups in total. The summed E-state index contributed by atoms with van der Waals surface area (Å²) < 4.78 is 16.4. The average Bonchev–Trinajstić information content (AvgIpc) is 3.10. The van der Waals surface area contributed by atoms with Gasteiger partial charge in [0.05, 0.1) is 20.3 Å². The minimum absolute atomic E-state index is 0.255. The van der Waals surface area contributed by atoms with E-state index in [1.807, 2.05) is 55.5 Å². The molecule has 136 valence electrons. The number of benzene rings is 2. The number of rotatable bonds is 6. The molecular formula is C20H22N2O4. The van der Waals surface area contributed by atoms with Crippen molar-refractivity contribution < 1.29 is 18.7 Å². The Morgan fingerprint density at radius 3 is 2.65 bits per heavy atom. The van der Waals surface area contributed by atoms with Crippen LogP contribution in [0.1, 0.15) is 24.3 Å². The second-order valence-corrected chi connectivity index (χ2v) is 5.89. The molecule has 0 aliphatic carbocycles. The van der Waals surface area contributed by atoms with Crippen molar-refractivity contribution in [1.29, 1.82) is 0 Å². The molecular weight excluding hydrogens is 332 g/mol. The van der Waals surface area contributed by atoms with Crippen LogP contribution in [0.4, 0.5) is 4.79 Å². The van der Waals surface area contributed by atoms with Gasteiger partial charge >= 0.3 is 6.03 Å². The summed E-state index contributed by atoms with van der Waals surface area (Å²) in [5.74, 6) is 1.95. The second kappa shape index (κ2) is 7.82. The summed E-state index contributed by atoms with van der Waals surface area (Å²) in [6, 6.07) is 14.7. The molecule has 6 nitrogen and oxygen atoms in total. The fourth-order valence-corrected chi connectivity index (χ4v) is 2.80. The van der Waals surface area contributed by atoms with Crippen LogP contribution in [0.3, 0.4) is 0 Å². The molecule has 0 radical (unpaired) electrons. The summed E-state index contributed by atoms with van der Waals surface area (Å²) >= 11 is 0. The summed E-state index contributed by atoms with van der Waals surface area (Å²) in [5, 5.41) is 6.72. The number of hydrogen-bond donors (Lipinski definition) is 2. The number of urea groups is 1. The molecule has 1 unspecified atom stereocenters. The zero-order chi connectivity index (χ0) is 18.5. The molecule has 1 heterocycles. The molecule has 1 aromatic heterocycles. The van der Waals surface area contributed by atoms with E-state index in [1.165, 1.54) is 0 Å². The predicted octanol–water partition coefficient (Wildman–Crippen LogP) is 4.01. The van der Waals surface area contributed by atoms with E-state index in [2.05, 4.69) is 10.6 Å². The Hall–Kier alpha value is -3.15. The standard InChI is InChI=1S/C20H22N2O4/c1-13(18-11-14-7-4-5-9-16(14)26-18)22-20(23)21-12-15-8-6-10-17(24-2)19(15)25-3/h4-11,13H,12H2,1-3H3,(H2,21,22,23). The van der Waals surface area contributed by atoms with Crippen molar-refractivity contribution in [2.75, 3.05) is 14.2 Å². The minimum Gasteiger partial charge on any atom is -0.493 e. The van der Waals surface area contributed by atoms with Crippen molar-refractivity contribution in [2.45, 2.75) is 19.5 Å². The number of nitrogens with one attached hydrogen (secondary N) is 2. The Morgan fingerprint density at radius 1 is 1.12 bits per heavy atom. The van der Waals surface area contributed by atoms with Crippen LogP contribution in [0.15, 0.2) is 52.9 Å². The zero-order valence-electron chi connectivity index (χ0n) is 15.0. The highest BCUT2D eigenvalue weighted by Gasteiger charge is 2.15. The largest absolute Gasteiger partial charge is 0.493 e. The number of carbonyl (C=O) groups excluding carboxylic acids is 1. The van der Waals surface area contributed by atoms with E-state index in [0.29, 0.717) is 23.8 Å². The second-order valence-electron chi connectivity index (χ2n) is 5.89. The number of para-hydroxylation sites is 2. The van der Waals surface area contributed by atoms with Gasteiger partial charge in [-0.2, -0.15) is 0 Å². The van der Waals surface area contributed by atoms with E-state index in [0.717, 1.165) is 16.5 Å². The minimum atomic E-state index is -0.289. The Morgan fingerprint density at radius 2 is 1.92 bits per heavy atom. The molecule has 0 fully saturated rings. The van der Waals surface area contributed by atoms with Crippen LogP contribution in [0.5, 0.6) is 11.5 Å². The zero-order valence-corrected chi connectivity index (χ0v) is 15.0. The summed E-state index contributed by atoms with van der Waals surface area (Å²) in [6.07, 6.45) is 0. The van der Waals surface area contributed by atoms with Gasteiger partial charge in [0.25, 0.3) is 0 Å². The molecule has 2 amide bonds. The van der Waals surface area contributed by atoms with Crippen LogP contribution in [-0.2, 0) is 6.54 Å². The smallest absolute Gasteiger partial charge is 0.315 e. The highest BCUT2D eigenvalue weighted by molar-refractivity contribution is 5.78. The first-order chi connectivity index (χ1) is 12.6.